The largest absolute Gasteiger partial charge is 0.368 e. The Morgan fingerprint density at radius 2 is 1.95 bits per heavy atom. The second kappa shape index (κ2) is 5.64. The minimum Gasteiger partial charge on any atom is -0.368 e. The predicted octanol–water partition coefficient (Wildman–Crippen LogP) is 5.65. The van der Waals surface area contributed by atoms with E-state index in [1.165, 1.54) is 16.3 Å². The van der Waals surface area contributed by atoms with Crippen molar-refractivity contribution in [1.29, 1.82) is 0 Å². The molecule has 0 N–H and O–H groups in total. The minimum absolute atomic E-state index is 0.265. The third kappa shape index (κ3) is 3.18. The standard InChI is InChI=1S/C17H21BrO/c1-5-12(2)19-17(3,4)14-10-9-13-7-6-8-16(18)15(13)11-14/h6-12H,5H2,1-4H3. The van der Waals surface area contributed by atoms with E-state index >= 15 is 0 Å². The summed E-state index contributed by atoms with van der Waals surface area (Å²) in [5.74, 6) is 0. The second-order valence-corrected chi connectivity index (χ2v) is 6.38. The number of ether oxygens (including phenoxy) is 1. The first-order chi connectivity index (χ1) is 8.94. The molecule has 2 aromatic carbocycles. The third-order valence-electron chi connectivity index (χ3n) is 3.59. The molecule has 1 atom stereocenters. The van der Waals surface area contributed by atoms with E-state index in [1.807, 2.05) is 0 Å². The zero-order chi connectivity index (χ0) is 14.0. The fourth-order valence-electron chi connectivity index (χ4n) is 2.26. The summed E-state index contributed by atoms with van der Waals surface area (Å²) in [4.78, 5) is 0. The van der Waals surface area contributed by atoms with Gasteiger partial charge in [0.1, 0.15) is 0 Å². The fourth-order valence-corrected chi connectivity index (χ4v) is 2.76. The molecule has 102 valence electrons. The van der Waals surface area contributed by atoms with Crippen LogP contribution in [0, 0.1) is 0 Å². The lowest BCUT2D eigenvalue weighted by Gasteiger charge is -2.29. The Morgan fingerprint density at radius 1 is 1.21 bits per heavy atom. The lowest BCUT2D eigenvalue weighted by molar-refractivity contribution is -0.0691. The molecule has 0 aliphatic carbocycles. The molecule has 0 heterocycles. The SMILES string of the molecule is CCC(C)OC(C)(C)c1ccc2cccc(Br)c2c1. The van der Waals surface area contributed by atoms with Crippen LogP contribution in [0.1, 0.15) is 39.7 Å². The van der Waals surface area contributed by atoms with Gasteiger partial charge >= 0.3 is 0 Å². The van der Waals surface area contributed by atoms with Gasteiger partial charge in [-0.3, -0.25) is 0 Å². The van der Waals surface area contributed by atoms with E-state index < -0.39 is 0 Å². The van der Waals surface area contributed by atoms with Crippen molar-refractivity contribution < 1.29 is 4.74 Å². The number of rotatable bonds is 4. The summed E-state index contributed by atoms with van der Waals surface area (Å²) in [5.41, 5.74) is 0.950. The van der Waals surface area contributed by atoms with E-state index in [0.29, 0.717) is 0 Å². The molecule has 2 aromatic rings. The van der Waals surface area contributed by atoms with Gasteiger partial charge in [-0.05, 0) is 55.7 Å². The van der Waals surface area contributed by atoms with Crippen LogP contribution in [0.4, 0.5) is 0 Å². The Labute approximate surface area is 124 Å². The topological polar surface area (TPSA) is 9.23 Å². The molecule has 0 amide bonds. The molecule has 0 saturated heterocycles. The van der Waals surface area contributed by atoms with Gasteiger partial charge in [-0.1, -0.05) is 47.1 Å². The highest BCUT2D eigenvalue weighted by Gasteiger charge is 2.23. The van der Waals surface area contributed by atoms with Crippen molar-refractivity contribution in [2.24, 2.45) is 0 Å². The van der Waals surface area contributed by atoms with Gasteiger partial charge in [0.2, 0.25) is 0 Å². The highest BCUT2D eigenvalue weighted by atomic mass is 79.9. The number of hydrogen-bond donors (Lipinski definition) is 0. The van der Waals surface area contributed by atoms with Crippen molar-refractivity contribution >= 4 is 26.7 Å². The van der Waals surface area contributed by atoms with E-state index in [9.17, 15) is 0 Å². The molecule has 0 aliphatic rings. The van der Waals surface area contributed by atoms with Gasteiger partial charge < -0.3 is 4.74 Å². The summed E-state index contributed by atoms with van der Waals surface area (Å²) in [6.45, 7) is 8.55. The Balaban J connectivity index is 2.42. The lowest BCUT2D eigenvalue weighted by Crippen LogP contribution is -2.26. The zero-order valence-electron chi connectivity index (χ0n) is 12.0. The molecule has 0 bridgehead atoms. The van der Waals surface area contributed by atoms with Crippen molar-refractivity contribution in [2.45, 2.75) is 45.8 Å². The fraction of sp³-hybridized carbons (Fsp3) is 0.412. The third-order valence-corrected chi connectivity index (χ3v) is 4.29. The first kappa shape index (κ1) is 14.5. The van der Waals surface area contributed by atoms with Gasteiger partial charge in [0.15, 0.2) is 0 Å². The molecule has 1 nitrogen and oxygen atoms in total. The van der Waals surface area contributed by atoms with Gasteiger partial charge in [0.25, 0.3) is 0 Å². The Kier molecular flexibility index (Phi) is 4.32. The number of fused-ring (bicyclic) bond motifs is 1. The van der Waals surface area contributed by atoms with Crippen LogP contribution < -0.4 is 0 Å². The molecule has 0 radical (unpaired) electrons. The van der Waals surface area contributed by atoms with Crippen LogP contribution in [-0.2, 0) is 10.3 Å². The monoisotopic (exact) mass is 320 g/mol. The number of benzene rings is 2. The predicted molar refractivity (Wildman–Crippen MR) is 85.5 cm³/mol. The van der Waals surface area contributed by atoms with Crippen LogP contribution in [-0.4, -0.2) is 6.10 Å². The Hall–Kier alpha value is -0.860. The summed E-state index contributed by atoms with van der Waals surface area (Å²) < 4.78 is 7.28. The highest BCUT2D eigenvalue weighted by molar-refractivity contribution is 9.10. The molecule has 0 aromatic heterocycles. The highest BCUT2D eigenvalue weighted by Crippen LogP contribution is 2.32. The zero-order valence-corrected chi connectivity index (χ0v) is 13.6. The normalized spacial score (nSPS) is 13.7. The summed E-state index contributed by atoms with van der Waals surface area (Å²) in [5, 5.41) is 2.48. The molecular weight excluding hydrogens is 300 g/mol. The second-order valence-electron chi connectivity index (χ2n) is 5.52. The average Bonchev–Trinajstić information content (AvgIpc) is 2.38. The Morgan fingerprint density at radius 3 is 2.63 bits per heavy atom. The van der Waals surface area contributed by atoms with E-state index in [0.717, 1.165) is 10.9 Å². The van der Waals surface area contributed by atoms with Gasteiger partial charge in [-0.2, -0.15) is 0 Å². The van der Waals surface area contributed by atoms with Crippen molar-refractivity contribution in [1.82, 2.24) is 0 Å². The van der Waals surface area contributed by atoms with Crippen molar-refractivity contribution in [3.63, 3.8) is 0 Å². The Bertz CT molecular complexity index is 574. The van der Waals surface area contributed by atoms with Gasteiger partial charge in [-0.25, -0.2) is 0 Å². The summed E-state index contributed by atoms with van der Waals surface area (Å²) >= 11 is 3.62. The lowest BCUT2D eigenvalue weighted by atomic mass is 9.95. The molecule has 0 spiro atoms. The van der Waals surface area contributed by atoms with Crippen LogP contribution in [0.25, 0.3) is 10.8 Å². The summed E-state index contributed by atoms with van der Waals surface area (Å²) in [6, 6.07) is 12.8. The first-order valence-electron chi connectivity index (χ1n) is 6.80. The molecule has 0 saturated carbocycles. The maximum absolute atomic E-state index is 6.15. The molecule has 2 rings (SSSR count). The van der Waals surface area contributed by atoms with Crippen LogP contribution in [0.5, 0.6) is 0 Å². The van der Waals surface area contributed by atoms with Crippen LogP contribution in [0.2, 0.25) is 0 Å². The maximum Gasteiger partial charge on any atom is 0.0879 e. The van der Waals surface area contributed by atoms with Gasteiger partial charge in [0.05, 0.1) is 11.7 Å². The van der Waals surface area contributed by atoms with Crippen molar-refractivity contribution in [2.75, 3.05) is 0 Å². The van der Waals surface area contributed by atoms with Crippen molar-refractivity contribution in [3.05, 3.63) is 46.4 Å². The van der Waals surface area contributed by atoms with Crippen molar-refractivity contribution in [3.8, 4) is 0 Å². The minimum atomic E-state index is -0.265. The molecule has 0 aliphatic heterocycles. The van der Waals surface area contributed by atoms with Gasteiger partial charge in [-0.15, -0.1) is 0 Å². The maximum atomic E-state index is 6.15. The van der Waals surface area contributed by atoms with Crippen LogP contribution in [0.3, 0.4) is 0 Å². The summed E-state index contributed by atoms with van der Waals surface area (Å²) in [6.07, 6.45) is 1.30. The quantitative estimate of drug-likeness (QED) is 0.707. The number of halogens is 1. The van der Waals surface area contributed by atoms with Crippen LogP contribution >= 0.6 is 15.9 Å². The summed E-state index contributed by atoms with van der Waals surface area (Å²) in [7, 11) is 0. The molecule has 2 heteroatoms. The van der Waals surface area contributed by atoms with E-state index in [4.69, 9.17) is 4.74 Å². The van der Waals surface area contributed by atoms with E-state index in [2.05, 4.69) is 80.0 Å². The van der Waals surface area contributed by atoms with E-state index in [1.54, 1.807) is 0 Å². The number of hydrogen-bond acceptors (Lipinski definition) is 1. The van der Waals surface area contributed by atoms with Gasteiger partial charge in [0, 0.05) is 4.47 Å². The smallest absolute Gasteiger partial charge is 0.0879 e. The van der Waals surface area contributed by atoms with E-state index in [-0.39, 0.29) is 11.7 Å². The molecule has 19 heavy (non-hydrogen) atoms. The first-order valence-corrected chi connectivity index (χ1v) is 7.60. The average molecular weight is 321 g/mol. The molecular formula is C17H21BrO. The van der Waals surface area contributed by atoms with Crippen LogP contribution in [0.15, 0.2) is 40.9 Å². The molecule has 1 unspecified atom stereocenters. The molecule has 0 fully saturated rings.